The van der Waals surface area contributed by atoms with Crippen LogP contribution in [0.2, 0.25) is 0 Å². The lowest BCUT2D eigenvalue weighted by Gasteiger charge is -2.09. The number of rotatable bonds is 3. The van der Waals surface area contributed by atoms with Crippen molar-refractivity contribution >= 4 is 54.6 Å². The molecule has 42 heavy (non-hydrogen) atoms. The summed E-state index contributed by atoms with van der Waals surface area (Å²) in [5.74, 6) is 1.86. The van der Waals surface area contributed by atoms with Crippen molar-refractivity contribution in [1.82, 2.24) is 15.0 Å². The van der Waals surface area contributed by atoms with Crippen molar-refractivity contribution in [3.8, 4) is 34.2 Å². The molecule has 0 aliphatic carbocycles. The molecule has 5 nitrogen and oxygen atoms in total. The Bertz CT molecular complexity index is 2470. The van der Waals surface area contributed by atoms with E-state index in [1.54, 1.807) is 0 Å². The smallest absolute Gasteiger partial charge is 0.164 e. The third-order valence-corrected chi connectivity index (χ3v) is 7.92. The van der Waals surface area contributed by atoms with Crippen molar-refractivity contribution in [2.75, 3.05) is 0 Å². The summed E-state index contributed by atoms with van der Waals surface area (Å²) in [5, 5.41) is 6.57. The van der Waals surface area contributed by atoms with Gasteiger partial charge >= 0.3 is 0 Å². The fraction of sp³-hybridized carbons (Fsp3) is 0. The van der Waals surface area contributed by atoms with Gasteiger partial charge in [-0.05, 0) is 53.2 Å². The van der Waals surface area contributed by atoms with Crippen LogP contribution in [-0.4, -0.2) is 15.0 Å². The van der Waals surface area contributed by atoms with Crippen LogP contribution >= 0.6 is 0 Å². The van der Waals surface area contributed by atoms with Crippen molar-refractivity contribution in [3.63, 3.8) is 0 Å². The minimum atomic E-state index is 0.613. The van der Waals surface area contributed by atoms with E-state index in [1.807, 2.05) is 84.9 Å². The largest absolute Gasteiger partial charge is 0.456 e. The zero-order valence-electron chi connectivity index (χ0n) is 22.3. The zero-order chi connectivity index (χ0) is 27.6. The predicted molar refractivity (Wildman–Crippen MR) is 168 cm³/mol. The molecule has 0 spiro atoms. The van der Waals surface area contributed by atoms with E-state index in [1.165, 1.54) is 0 Å². The van der Waals surface area contributed by atoms with Gasteiger partial charge in [0.05, 0.1) is 0 Å². The number of nitrogens with zero attached hydrogens (tertiary/aromatic N) is 3. The highest BCUT2D eigenvalue weighted by molar-refractivity contribution is 6.19. The van der Waals surface area contributed by atoms with Crippen molar-refractivity contribution < 1.29 is 8.83 Å². The average Bonchev–Trinajstić information content (AvgIpc) is 3.63. The molecule has 196 valence electrons. The maximum Gasteiger partial charge on any atom is 0.164 e. The molecule has 0 unspecified atom stereocenters. The molecule has 0 saturated carbocycles. The first-order valence-electron chi connectivity index (χ1n) is 13.9. The van der Waals surface area contributed by atoms with Crippen LogP contribution in [0.25, 0.3) is 88.8 Å². The Balaban J connectivity index is 1.25. The number of fused-ring (bicyclic) bond motifs is 8. The molecule has 0 aliphatic heterocycles. The van der Waals surface area contributed by atoms with E-state index in [0.717, 1.165) is 71.3 Å². The molecule has 0 N–H and O–H groups in total. The Morgan fingerprint density at radius 1 is 0.357 bits per heavy atom. The van der Waals surface area contributed by atoms with Gasteiger partial charge in [-0.1, -0.05) is 84.9 Å². The molecular formula is C37H21N3O2. The molecule has 3 heterocycles. The number of furan rings is 2. The van der Waals surface area contributed by atoms with E-state index in [2.05, 4.69) is 42.5 Å². The Labute approximate surface area is 239 Å². The van der Waals surface area contributed by atoms with Crippen LogP contribution in [0.3, 0.4) is 0 Å². The van der Waals surface area contributed by atoms with Crippen molar-refractivity contribution in [1.29, 1.82) is 0 Å². The minimum absolute atomic E-state index is 0.613. The summed E-state index contributed by atoms with van der Waals surface area (Å²) in [6.45, 7) is 0. The molecule has 9 aromatic rings. The molecule has 3 aromatic heterocycles. The molecule has 0 amide bonds. The summed E-state index contributed by atoms with van der Waals surface area (Å²) in [6.07, 6.45) is 0. The Hall–Kier alpha value is -5.81. The van der Waals surface area contributed by atoms with Gasteiger partial charge in [0.2, 0.25) is 0 Å². The minimum Gasteiger partial charge on any atom is -0.456 e. The number of para-hydroxylation sites is 2. The lowest BCUT2D eigenvalue weighted by molar-refractivity contribution is 0.668. The van der Waals surface area contributed by atoms with Crippen LogP contribution in [0.5, 0.6) is 0 Å². The fourth-order valence-electron chi connectivity index (χ4n) is 5.91. The molecule has 6 aromatic carbocycles. The van der Waals surface area contributed by atoms with Crippen molar-refractivity contribution in [2.24, 2.45) is 0 Å². The van der Waals surface area contributed by atoms with Gasteiger partial charge in [-0.3, -0.25) is 0 Å². The molecule has 0 radical (unpaired) electrons. The summed E-state index contributed by atoms with van der Waals surface area (Å²) in [7, 11) is 0. The van der Waals surface area contributed by atoms with Gasteiger partial charge in [-0.2, -0.15) is 0 Å². The topological polar surface area (TPSA) is 65.0 Å². The zero-order valence-corrected chi connectivity index (χ0v) is 22.3. The molecule has 9 rings (SSSR count). The monoisotopic (exact) mass is 539 g/mol. The molecule has 0 bridgehead atoms. The molecule has 5 heteroatoms. The van der Waals surface area contributed by atoms with Gasteiger partial charge in [0.15, 0.2) is 17.5 Å². The number of benzene rings is 6. The molecule has 0 fully saturated rings. The van der Waals surface area contributed by atoms with Gasteiger partial charge in [0.1, 0.15) is 22.3 Å². The van der Waals surface area contributed by atoms with E-state index >= 15 is 0 Å². The van der Waals surface area contributed by atoms with Gasteiger partial charge in [0.25, 0.3) is 0 Å². The van der Waals surface area contributed by atoms with E-state index in [4.69, 9.17) is 23.8 Å². The van der Waals surface area contributed by atoms with Gasteiger partial charge in [-0.15, -0.1) is 0 Å². The predicted octanol–water partition coefficient (Wildman–Crippen LogP) is 9.82. The van der Waals surface area contributed by atoms with E-state index < -0.39 is 0 Å². The number of aromatic nitrogens is 3. The Morgan fingerprint density at radius 2 is 0.929 bits per heavy atom. The third-order valence-electron chi connectivity index (χ3n) is 7.92. The van der Waals surface area contributed by atoms with Crippen LogP contribution < -0.4 is 0 Å². The highest BCUT2D eigenvalue weighted by Crippen LogP contribution is 2.37. The summed E-state index contributed by atoms with van der Waals surface area (Å²) in [5.41, 5.74) is 6.23. The van der Waals surface area contributed by atoms with Crippen LogP contribution in [0.15, 0.2) is 136 Å². The second-order valence-corrected chi connectivity index (χ2v) is 10.5. The lowest BCUT2D eigenvalue weighted by atomic mass is 10.0. The number of hydrogen-bond acceptors (Lipinski definition) is 5. The molecular weight excluding hydrogens is 518 g/mol. The first-order chi connectivity index (χ1) is 20.8. The highest BCUT2D eigenvalue weighted by atomic mass is 16.3. The van der Waals surface area contributed by atoms with Crippen LogP contribution in [0, 0.1) is 0 Å². The van der Waals surface area contributed by atoms with Gasteiger partial charge < -0.3 is 8.83 Å². The van der Waals surface area contributed by atoms with Gasteiger partial charge in [0, 0.05) is 38.2 Å². The van der Waals surface area contributed by atoms with Gasteiger partial charge in [-0.25, -0.2) is 15.0 Å². The second-order valence-electron chi connectivity index (χ2n) is 10.5. The normalized spacial score (nSPS) is 11.8. The van der Waals surface area contributed by atoms with E-state index in [0.29, 0.717) is 17.5 Å². The summed E-state index contributed by atoms with van der Waals surface area (Å²) in [4.78, 5) is 14.9. The second kappa shape index (κ2) is 8.85. The highest BCUT2D eigenvalue weighted by Gasteiger charge is 2.16. The molecule has 0 saturated heterocycles. The summed E-state index contributed by atoms with van der Waals surface area (Å²) < 4.78 is 12.2. The first-order valence-corrected chi connectivity index (χ1v) is 13.9. The maximum absolute atomic E-state index is 6.12. The van der Waals surface area contributed by atoms with E-state index in [-0.39, 0.29) is 0 Å². The molecule has 0 aliphatic rings. The summed E-state index contributed by atoms with van der Waals surface area (Å²) >= 11 is 0. The Kier molecular flexibility index (Phi) is 4.83. The van der Waals surface area contributed by atoms with Crippen molar-refractivity contribution in [3.05, 3.63) is 127 Å². The van der Waals surface area contributed by atoms with Crippen LogP contribution in [0.4, 0.5) is 0 Å². The third kappa shape index (κ3) is 3.54. The first kappa shape index (κ1) is 22.9. The summed E-state index contributed by atoms with van der Waals surface area (Å²) in [6, 6.07) is 42.9. The average molecular weight is 540 g/mol. The lowest BCUT2D eigenvalue weighted by Crippen LogP contribution is -2.00. The maximum atomic E-state index is 6.12. The van der Waals surface area contributed by atoms with Crippen LogP contribution in [0.1, 0.15) is 0 Å². The van der Waals surface area contributed by atoms with Crippen molar-refractivity contribution in [2.45, 2.75) is 0 Å². The standard InChI is InChI=1S/C37H21N3O2/c1-2-8-22(9-3-1)35-38-36(40-37(39-35)25-16-18-32-29(21-25)27-10-4-6-12-30(27)41-32)24-14-17-26-23(20-24)15-19-33-34(26)28-11-5-7-13-31(28)42-33/h1-21H. The fourth-order valence-corrected chi connectivity index (χ4v) is 5.91. The SMILES string of the molecule is c1ccc(-c2nc(-c3ccc4c(ccc5oc6ccccc6c54)c3)nc(-c3ccc4oc5ccccc5c4c3)n2)cc1. The quantitative estimate of drug-likeness (QED) is 0.224. The number of hydrogen-bond donors (Lipinski definition) is 0. The van der Waals surface area contributed by atoms with Crippen LogP contribution in [-0.2, 0) is 0 Å². The molecule has 0 atom stereocenters. The van der Waals surface area contributed by atoms with E-state index in [9.17, 15) is 0 Å². The Morgan fingerprint density at radius 3 is 1.74 bits per heavy atom.